The van der Waals surface area contributed by atoms with Crippen LogP contribution in [0.2, 0.25) is 5.02 Å². The molecule has 9 heteroatoms. The maximum absolute atomic E-state index is 12.5. The van der Waals surface area contributed by atoms with Crippen LogP contribution in [-0.4, -0.2) is 37.0 Å². The number of halogens is 1. The Labute approximate surface area is 213 Å². The Hall–Kier alpha value is -2.42. The molecule has 1 fully saturated rings. The Morgan fingerprint density at radius 2 is 1.54 bits per heavy atom. The van der Waals surface area contributed by atoms with Crippen LogP contribution in [0.5, 0.6) is 0 Å². The third-order valence-electron chi connectivity index (χ3n) is 6.30. The normalized spacial score (nSPS) is 19.0. The quantitative estimate of drug-likeness (QED) is 0.356. The van der Waals surface area contributed by atoms with Crippen LogP contribution in [0.4, 0.5) is 11.8 Å². The molecular formula is C26H34ClN5O2S. The van der Waals surface area contributed by atoms with Gasteiger partial charge in [-0.1, -0.05) is 23.7 Å². The molecule has 0 bridgehead atoms. The summed E-state index contributed by atoms with van der Waals surface area (Å²) in [4.78, 5) is 9.71. The van der Waals surface area contributed by atoms with Gasteiger partial charge in [-0.3, -0.25) is 0 Å². The van der Waals surface area contributed by atoms with Gasteiger partial charge in [0.05, 0.1) is 10.4 Å². The van der Waals surface area contributed by atoms with Gasteiger partial charge in [0.2, 0.25) is 16.0 Å². The van der Waals surface area contributed by atoms with E-state index >= 15 is 0 Å². The minimum absolute atomic E-state index is 0.109. The van der Waals surface area contributed by atoms with E-state index in [1.54, 1.807) is 12.1 Å². The number of fused-ring (bicyclic) bond motifs is 1. The number of hydrogen-bond donors (Lipinski definition) is 3. The molecule has 35 heavy (non-hydrogen) atoms. The lowest BCUT2D eigenvalue weighted by molar-refractivity contribution is 0.284. The van der Waals surface area contributed by atoms with Gasteiger partial charge in [0.15, 0.2) is 0 Å². The molecular weight excluding hydrogens is 482 g/mol. The lowest BCUT2D eigenvalue weighted by atomic mass is 9.82. The van der Waals surface area contributed by atoms with Crippen molar-refractivity contribution in [3.8, 4) is 0 Å². The van der Waals surface area contributed by atoms with E-state index in [4.69, 9.17) is 21.6 Å². The number of anilines is 2. The Morgan fingerprint density at radius 1 is 0.914 bits per heavy atom. The Bertz CT molecular complexity index is 1250. The molecule has 7 nitrogen and oxygen atoms in total. The van der Waals surface area contributed by atoms with Crippen LogP contribution >= 0.6 is 11.6 Å². The standard InChI is InChI=1S/C26H34ClN5O2S/c1-26(2,3)32-24-22-6-4-5-7-23(22)30-25(31-24)28-16-18-8-10-19(11-9-18)17-29-35(33,34)21-14-12-20(27)13-15-21/h4-7,12-15,18-19,29H,8-11,16-17H2,1-3H3,(H2,28,30,31,32)/t18-,19-. The van der Waals surface area contributed by atoms with Gasteiger partial charge in [0.25, 0.3) is 0 Å². The highest BCUT2D eigenvalue weighted by atomic mass is 35.5. The third-order valence-corrected chi connectivity index (χ3v) is 7.99. The fourth-order valence-electron chi connectivity index (χ4n) is 4.41. The van der Waals surface area contributed by atoms with Crippen molar-refractivity contribution < 1.29 is 8.42 Å². The zero-order valence-electron chi connectivity index (χ0n) is 20.5. The first-order valence-electron chi connectivity index (χ1n) is 12.1. The monoisotopic (exact) mass is 515 g/mol. The second-order valence-corrected chi connectivity index (χ2v) is 12.6. The van der Waals surface area contributed by atoms with Crippen LogP contribution in [0, 0.1) is 11.8 Å². The molecule has 0 amide bonds. The van der Waals surface area contributed by atoms with Crippen LogP contribution in [0.15, 0.2) is 53.4 Å². The van der Waals surface area contributed by atoms with Crippen LogP contribution in [0.1, 0.15) is 46.5 Å². The van der Waals surface area contributed by atoms with E-state index in [1.165, 1.54) is 12.1 Å². The smallest absolute Gasteiger partial charge is 0.240 e. The summed E-state index contributed by atoms with van der Waals surface area (Å²) in [6.45, 7) is 7.61. The Balaban J connectivity index is 1.30. The zero-order chi connectivity index (χ0) is 25.1. The molecule has 0 saturated heterocycles. The molecule has 4 rings (SSSR count). The van der Waals surface area contributed by atoms with E-state index in [0.717, 1.165) is 48.9 Å². The fraction of sp³-hybridized carbons (Fsp3) is 0.462. The van der Waals surface area contributed by atoms with Crippen molar-refractivity contribution in [3.63, 3.8) is 0 Å². The number of hydrogen-bond acceptors (Lipinski definition) is 6. The summed E-state index contributed by atoms with van der Waals surface area (Å²) >= 11 is 5.87. The van der Waals surface area contributed by atoms with E-state index in [9.17, 15) is 8.42 Å². The van der Waals surface area contributed by atoms with E-state index in [-0.39, 0.29) is 10.4 Å². The molecule has 2 aromatic carbocycles. The topological polar surface area (TPSA) is 96.0 Å². The van der Waals surface area contributed by atoms with E-state index in [0.29, 0.717) is 29.4 Å². The number of benzene rings is 2. The Kier molecular flexibility index (Phi) is 7.83. The predicted octanol–water partition coefficient (Wildman–Crippen LogP) is 5.69. The van der Waals surface area contributed by atoms with Gasteiger partial charge in [0.1, 0.15) is 5.82 Å². The number of aromatic nitrogens is 2. The van der Waals surface area contributed by atoms with Crippen molar-refractivity contribution in [2.45, 2.75) is 56.9 Å². The molecule has 1 aromatic heterocycles. The number of nitrogens with zero attached hydrogens (tertiary/aromatic N) is 2. The highest BCUT2D eigenvalue weighted by Crippen LogP contribution is 2.30. The van der Waals surface area contributed by atoms with E-state index in [1.807, 2.05) is 24.3 Å². The maximum Gasteiger partial charge on any atom is 0.240 e. The molecule has 1 aliphatic carbocycles. The number of sulfonamides is 1. The van der Waals surface area contributed by atoms with Crippen molar-refractivity contribution in [2.75, 3.05) is 23.7 Å². The van der Waals surface area contributed by atoms with Crippen LogP contribution in [0.25, 0.3) is 10.9 Å². The van der Waals surface area contributed by atoms with Crippen LogP contribution in [0.3, 0.4) is 0 Å². The van der Waals surface area contributed by atoms with Crippen LogP contribution in [-0.2, 0) is 10.0 Å². The SMILES string of the molecule is CC(C)(C)Nc1nc(NC[C@H]2CC[C@H](CNS(=O)(=O)c3ccc(Cl)cc3)CC2)nc2ccccc12. The first-order chi connectivity index (χ1) is 16.6. The van der Waals surface area contributed by atoms with Crippen molar-refractivity contribution in [3.05, 3.63) is 53.6 Å². The molecule has 1 heterocycles. The third kappa shape index (κ3) is 7.06. The summed E-state index contributed by atoms with van der Waals surface area (Å²) in [5, 5.41) is 8.47. The number of rotatable bonds is 8. The van der Waals surface area contributed by atoms with Crippen molar-refractivity contribution >= 4 is 44.3 Å². The molecule has 1 aliphatic rings. The summed E-state index contributed by atoms with van der Waals surface area (Å²) in [5.74, 6) is 2.32. The molecule has 0 aliphatic heterocycles. The summed E-state index contributed by atoms with van der Waals surface area (Å²) < 4.78 is 27.8. The zero-order valence-corrected chi connectivity index (χ0v) is 22.1. The lowest BCUT2D eigenvalue weighted by Gasteiger charge is -2.29. The van der Waals surface area contributed by atoms with Crippen LogP contribution < -0.4 is 15.4 Å². The molecule has 0 unspecified atom stereocenters. The lowest BCUT2D eigenvalue weighted by Crippen LogP contribution is -2.32. The predicted molar refractivity (Wildman–Crippen MR) is 143 cm³/mol. The van der Waals surface area contributed by atoms with Gasteiger partial charge >= 0.3 is 0 Å². The molecule has 3 aromatic rings. The number of nitrogens with one attached hydrogen (secondary N) is 3. The molecule has 0 spiro atoms. The van der Waals surface area contributed by atoms with E-state index in [2.05, 4.69) is 36.1 Å². The average molecular weight is 516 g/mol. The molecule has 1 saturated carbocycles. The summed E-state index contributed by atoms with van der Waals surface area (Å²) in [6, 6.07) is 14.3. The van der Waals surface area contributed by atoms with Gasteiger partial charge in [-0.05, 0) is 94.7 Å². The van der Waals surface area contributed by atoms with Gasteiger partial charge in [-0.25, -0.2) is 18.1 Å². The van der Waals surface area contributed by atoms with Crippen molar-refractivity contribution in [2.24, 2.45) is 11.8 Å². The second kappa shape index (κ2) is 10.7. The maximum atomic E-state index is 12.5. The average Bonchev–Trinajstić information content (AvgIpc) is 2.81. The number of para-hydroxylation sites is 1. The Morgan fingerprint density at radius 3 is 2.20 bits per heavy atom. The van der Waals surface area contributed by atoms with Gasteiger partial charge in [0, 0.05) is 29.0 Å². The summed E-state index contributed by atoms with van der Waals surface area (Å²) in [6.07, 6.45) is 4.07. The largest absolute Gasteiger partial charge is 0.365 e. The fourth-order valence-corrected chi connectivity index (χ4v) is 5.65. The molecule has 3 N–H and O–H groups in total. The highest BCUT2D eigenvalue weighted by molar-refractivity contribution is 7.89. The summed E-state index contributed by atoms with van der Waals surface area (Å²) in [7, 11) is -3.51. The highest BCUT2D eigenvalue weighted by Gasteiger charge is 2.24. The molecule has 0 radical (unpaired) electrons. The van der Waals surface area contributed by atoms with Gasteiger partial charge in [-0.2, -0.15) is 4.98 Å². The van der Waals surface area contributed by atoms with Crippen molar-refractivity contribution in [1.29, 1.82) is 0 Å². The van der Waals surface area contributed by atoms with Gasteiger partial charge in [-0.15, -0.1) is 0 Å². The first kappa shape index (κ1) is 25.7. The molecule has 188 valence electrons. The van der Waals surface area contributed by atoms with E-state index < -0.39 is 10.0 Å². The summed E-state index contributed by atoms with van der Waals surface area (Å²) in [5.41, 5.74) is 0.801. The molecule has 0 atom stereocenters. The van der Waals surface area contributed by atoms with Crippen molar-refractivity contribution in [1.82, 2.24) is 14.7 Å². The second-order valence-electron chi connectivity index (χ2n) is 10.4. The van der Waals surface area contributed by atoms with Gasteiger partial charge < -0.3 is 10.6 Å². The minimum atomic E-state index is -3.51. The minimum Gasteiger partial charge on any atom is -0.365 e. The first-order valence-corrected chi connectivity index (χ1v) is 14.0.